The van der Waals surface area contributed by atoms with Crippen molar-refractivity contribution >= 4 is 5.91 Å². The fraction of sp³-hybridized carbons (Fsp3) is 0.562. The summed E-state index contributed by atoms with van der Waals surface area (Å²) in [5.41, 5.74) is 5.70. The Hall–Kier alpha value is -1.55. The first-order chi connectivity index (χ1) is 9.54. The molecule has 1 amide bonds. The van der Waals surface area contributed by atoms with Crippen molar-refractivity contribution < 1.29 is 9.53 Å². The van der Waals surface area contributed by atoms with Gasteiger partial charge in [0, 0.05) is 13.6 Å². The molecule has 1 unspecified atom stereocenters. The van der Waals surface area contributed by atoms with Crippen LogP contribution in [0, 0.1) is 11.8 Å². The van der Waals surface area contributed by atoms with E-state index in [1.807, 2.05) is 30.3 Å². The molecule has 0 fully saturated rings. The average Bonchev–Trinajstić information content (AvgIpc) is 2.44. The Bertz CT molecular complexity index is 393. The summed E-state index contributed by atoms with van der Waals surface area (Å²) in [5, 5.41) is 0. The van der Waals surface area contributed by atoms with Crippen LogP contribution >= 0.6 is 0 Å². The maximum absolute atomic E-state index is 12.2. The summed E-state index contributed by atoms with van der Waals surface area (Å²) in [4.78, 5) is 14.0. The Morgan fingerprint density at radius 3 is 2.50 bits per heavy atom. The average molecular weight is 278 g/mol. The molecular formula is C16H26N2O2. The van der Waals surface area contributed by atoms with Crippen LogP contribution in [0.1, 0.15) is 20.3 Å². The van der Waals surface area contributed by atoms with Crippen molar-refractivity contribution in [2.24, 2.45) is 17.6 Å². The lowest BCUT2D eigenvalue weighted by Gasteiger charge is -2.24. The predicted molar refractivity (Wildman–Crippen MR) is 81.6 cm³/mol. The Kier molecular flexibility index (Phi) is 7.09. The number of benzene rings is 1. The number of carbonyl (C=O) groups excluding carboxylic acids is 1. The highest BCUT2D eigenvalue weighted by molar-refractivity contribution is 5.78. The molecule has 0 aliphatic rings. The smallest absolute Gasteiger partial charge is 0.226 e. The van der Waals surface area contributed by atoms with Gasteiger partial charge in [-0.05, 0) is 24.5 Å². The van der Waals surface area contributed by atoms with Crippen molar-refractivity contribution in [3.05, 3.63) is 30.3 Å². The van der Waals surface area contributed by atoms with Crippen LogP contribution in [0.4, 0.5) is 0 Å². The molecule has 0 aromatic heterocycles. The van der Waals surface area contributed by atoms with Gasteiger partial charge in [0.25, 0.3) is 0 Å². The summed E-state index contributed by atoms with van der Waals surface area (Å²) in [5.74, 6) is 1.32. The van der Waals surface area contributed by atoms with Crippen molar-refractivity contribution in [3.8, 4) is 5.75 Å². The highest BCUT2D eigenvalue weighted by Crippen LogP contribution is 2.13. The topological polar surface area (TPSA) is 55.6 Å². The fourth-order valence-corrected chi connectivity index (χ4v) is 2.11. The first-order valence-corrected chi connectivity index (χ1v) is 7.17. The van der Waals surface area contributed by atoms with Crippen LogP contribution in [-0.4, -0.2) is 37.6 Å². The van der Waals surface area contributed by atoms with Crippen LogP contribution in [0.5, 0.6) is 5.75 Å². The van der Waals surface area contributed by atoms with Gasteiger partial charge in [-0.3, -0.25) is 4.79 Å². The number of nitrogens with two attached hydrogens (primary N) is 1. The van der Waals surface area contributed by atoms with Gasteiger partial charge in [0.1, 0.15) is 12.4 Å². The Morgan fingerprint density at radius 2 is 1.95 bits per heavy atom. The molecule has 0 saturated heterocycles. The van der Waals surface area contributed by atoms with E-state index in [0.29, 0.717) is 25.6 Å². The lowest BCUT2D eigenvalue weighted by molar-refractivity contribution is -0.134. The summed E-state index contributed by atoms with van der Waals surface area (Å²) in [6.07, 6.45) is 0.833. The van der Waals surface area contributed by atoms with Gasteiger partial charge in [-0.15, -0.1) is 0 Å². The molecular weight excluding hydrogens is 252 g/mol. The molecule has 1 aromatic carbocycles. The SMILES string of the molecule is CC(C)CC(CN)C(=O)N(C)CCOc1ccccc1. The summed E-state index contributed by atoms with van der Waals surface area (Å²) in [7, 11) is 1.81. The molecule has 4 heteroatoms. The van der Waals surface area contributed by atoms with Crippen molar-refractivity contribution in [3.63, 3.8) is 0 Å². The van der Waals surface area contributed by atoms with E-state index in [9.17, 15) is 4.79 Å². The lowest BCUT2D eigenvalue weighted by Crippen LogP contribution is -2.39. The van der Waals surface area contributed by atoms with Crippen molar-refractivity contribution in [2.75, 3.05) is 26.7 Å². The summed E-state index contributed by atoms with van der Waals surface area (Å²) in [6, 6.07) is 9.61. The summed E-state index contributed by atoms with van der Waals surface area (Å²) < 4.78 is 5.60. The van der Waals surface area contributed by atoms with Crippen molar-refractivity contribution in [1.29, 1.82) is 0 Å². The van der Waals surface area contributed by atoms with E-state index >= 15 is 0 Å². The number of rotatable bonds is 8. The number of para-hydroxylation sites is 1. The normalized spacial score (nSPS) is 12.2. The molecule has 1 rings (SSSR count). The highest BCUT2D eigenvalue weighted by atomic mass is 16.5. The maximum atomic E-state index is 12.2. The van der Waals surface area contributed by atoms with Crippen LogP contribution in [0.2, 0.25) is 0 Å². The number of hydrogen-bond acceptors (Lipinski definition) is 3. The van der Waals surface area contributed by atoms with Gasteiger partial charge < -0.3 is 15.4 Å². The molecule has 20 heavy (non-hydrogen) atoms. The van der Waals surface area contributed by atoms with Gasteiger partial charge in [-0.25, -0.2) is 0 Å². The first-order valence-electron chi connectivity index (χ1n) is 7.17. The second-order valence-corrected chi connectivity index (χ2v) is 5.48. The number of nitrogens with zero attached hydrogens (tertiary/aromatic N) is 1. The van der Waals surface area contributed by atoms with Gasteiger partial charge in [-0.2, -0.15) is 0 Å². The van der Waals surface area contributed by atoms with Crippen molar-refractivity contribution in [1.82, 2.24) is 4.90 Å². The molecule has 0 heterocycles. The number of likely N-dealkylation sites (N-methyl/N-ethyl adjacent to an activating group) is 1. The molecule has 0 radical (unpaired) electrons. The van der Waals surface area contributed by atoms with Gasteiger partial charge >= 0.3 is 0 Å². The van der Waals surface area contributed by atoms with Crippen LogP contribution in [0.15, 0.2) is 30.3 Å². The fourth-order valence-electron chi connectivity index (χ4n) is 2.11. The Balaban J connectivity index is 2.37. The molecule has 0 bridgehead atoms. The maximum Gasteiger partial charge on any atom is 0.226 e. The number of carbonyl (C=O) groups is 1. The van der Waals surface area contributed by atoms with Crippen LogP contribution in [-0.2, 0) is 4.79 Å². The molecule has 0 saturated carbocycles. The molecule has 0 aliphatic carbocycles. The highest BCUT2D eigenvalue weighted by Gasteiger charge is 2.21. The minimum Gasteiger partial charge on any atom is -0.492 e. The zero-order valence-electron chi connectivity index (χ0n) is 12.7. The standard InChI is InChI=1S/C16H26N2O2/c1-13(2)11-14(12-17)16(19)18(3)9-10-20-15-7-5-4-6-8-15/h4-8,13-14H,9-12,17H2,1-3H3. The third-order valence-electron chi connectivity index (χ3n) is 3.20. The molecule has 1 atom stereocenters. The second kappa shape index (κ2) is 8.59. The minimum absolute atomic E-state index is 0.0864. The van der Waals surface area contributed by atoms with Crippen LogP contribution in [0.3, 0.4) is 0 Å². The third-order valence-corrected chi connectivity index (χ3v) is 3.20. The molecule has 4 nitrogen and oxygen atoms in total. The Labute approximate surface area is 121 Å². The molecule has 112 valence electrons. The Morgan fingerprint density at radius 1 is 1.30 bits per heavy atom. The zero-order chi connectivity index (χ0) is 15.0. The van der Waals surface area contributed by atoms with E-state index < -0.39 is 0 Å². The van der Waals surface area contributed by atoms with E-state index in [1.54, 1.807) is 11.9 Å². The van der Waals surface area contributed by atoms with E-state index in [4.69, 9.17) is 10.5 Å². The largest absolute Gasteiger partial charge is 0.492 e. The van der Waals surface area contributed by atoms with E-state index in [2.05, 4.69) is 13.8 Å². The molecule has 1 aromatic rings. The number of amides is 1. The summed E-state index contributed by atoms with van der Waals surface area (Å²) >= 11 is 0. The quantitative estimate of drug-likeness (QED) is 0.792. The molecule has 2 N–H and O–H groups in total. The minimum atomic E-state index is -0.0864. The lowest BCUT2D eigenvalue weighted by atomic mass is 9.96. The zero-order valence-corrected chi connectivity index (χ0v) is 12.7. The predicted octanol–water partition coefficient (Wildman–Crippen LogP) is 2.14. The van der Waals surface area contributed by atoms with Gasteiger partial charge in [0.15, 0.2) is 0 Å². The van der Waals surface area contributed by atoms with E-state index in [1.165, 1.54) is 0 Å². The van der Waals surface area contributed by atoms with Gasteiger partial charge in [-0.1, -0.05) is 32.0 Å². The van der Waals surface area contributed by atoms with Crippen molar-refractivity contribution in [2.45, 2.75) is 20.3 Å². The number of hydrogen-bond donors (Lipinski definition) is 1. The molecule has 0 aliphatic heterocycles. The monoisotopic (exact) mass is 278 g/mol. The second-order valence-electron chi connectivity index (χ2n) is 5.48. The first kappa shape index (κ1) is 16.5. The van der Waals surface area contributed by atoms with Crippen LogP contribution in [0.25, 0.3) is 0 Å². The van der Waals surface area contributed by atoms with E-state index in [0.717, 1.165) is 12.2 Å². The third kappa shape index (κ3) is 5.61. The molecule has 0 spiro atoms. The van der Waals surface area contributed by atoms with E-state index in [-0.39, 0.29) is 11.8 Å². The number of ether oxygens (including phenoxy) is 1. The van der Waals surface area contributed by atoms with Gasteiger partial charge in [0.2, 0.25) is 5.91 Å². The van der Waals surface area contributed by atoms with Gasteiger partial charge in [0.05, 0.1) is 12.5 Å². The summed E-state index contributed by atoms with van der Waals surface area (Å²) in [6.45, 7) is 5.68. The van der Waals surface area contributed by atoms with Crippen LogP contribution < -0.4 is 10.5 Å².